The molecule has 0 N–H and O–H groups in total. The van der Waals surface area contributed by atoms with E-state index in [1.54, 1.807) is 0 Å². The molecule has 11 aromatic rings. The van der Waals surface area contributed by atoms with E-state index < -0.39 is 0 Å². The summed E-state index contributed by atoms with van der Waals surface area (Å²) in [5, 5.41) is 4.41. The van der Waals surface area contributed by atoms with Crippen LogP contribution in [0.3, 0.4) is 0 Å². The van der Waals surface area contributed by atoms with Gasteiger partial charge in [0.25, 0.3) is 0 Å². The number of fused-ring (bicyclic) bond motifs is 6. The highest BCUT2D eigenvalue weighted by Gasteiger charge is 2.23. The maximum Gasteiger partial charge on any atom is 0.159 e. The average molecular weight is 745 g/mol. The van der Waals surface area contributed by atoms with Crippen molar-refractivity contribution in [2.24, 2.45) is 0 Å². The molecule has 0 amide bonds. The molecule has 0 saturated carbocycles. The summed E-state index contributed by atoms with van der Waals surface area (Å²) in [5.41, 5.74) is 14.1. The second-order valence-corrected chi connectivity index (χ2v) is 14.5. The SMILES string of the molecule is c1ccc(-c2cc(-c3ccc(N(c4ccccc4)c4cccc5c4oc4ccccc45)cc3)ccc2N(c2ccccc2)c2cccc3c2oc2ccccc23)cc1. The first-order valence-corrected chi connectivity index (χ1v) is 19.6. The Bertz CT molecular complexity index is 3220. The lowest BCUT2D eigenvalue weighted by Gasteiger charge is -2.28. The third-order valence-electron chi connectivity index (χ3n) is 11.1. The van der Waals surface area contributed by atoms with E-state index in [1.165, 1.54) is 0 Å². The van der Waals surface area contributed by atoms with Gasteiger partial charge in [-0.05, 0) is 89.5 Å². The van der Waals surface area contributed by atoms with Crippen LogP contribution in [0, 0.1) is 0 Å². The van der Waals surface area contributed by atoms with Crippen LogP contribution in [0.25, 0.3) is 66.1 Å². The molecule has 0 saturated heterocycles. The number of hydrogen-bond donors (Lipinski definition) is 0. The first kappa shape index (κ1) is 33.5. The van der Waals surface area contributed by atoms with Crippen LogP contribution in [0.2, 0.25) is 0 Å². The molecule has 58 heavy (non-hydrogen) atoms. The van der Waals surface area contributed by atoms with Gasteiger partial charge in [-0.3, -0.25) is 0 Å². The standard InChI is InChI=1S/C54H36N2O2/c1-4-16-38(17-5-1)47-36-39(32-35-48(47)56(41-20-8-3-9-21-41)50-27-15-25-46-44-23-11-13-29-52(44)58-54(46)50)37-30-33-42(34-31-37)55(40-18-6-2-7-19-40)49-26-14-24-45-43-22-10-12-28-51(43)57-53(45)49/h1-36H. The zero-order chi connectivity index (χ0) is 38.4. The van der Waals surface area contributed by atoms with Crippen molar-refractivity contribution < 1.29 is 8.83 Å². The van der Waals surface area contributed by atoms with E-state index in [9.17, 15) is 0 Å². The number of rotatable bonds is 8. The van der Waals surface area contributed by atoms with Crippen LogP contribution in [0.4, 0.5) is 34.1 Å². The van der Waals surface area contributed by atoms with Gasteiger partial charge in [0, 0.05) is 44.2 Å². The number of benzene rings is 9. The van der Waals surface area contributed by atoms with Crippen LogP contribution in [-0.2, 0) is 0 Å². The first-order chi connectivity index (χ1) is 28.8. The Hall–Kier alpha value is -7.82. The van der Waals surface area contributed by atoms with Crippen LogP contribution < -0.4 is 9.80 Å². The van der Waals surface area contributed by atoms with Crippen molar-refractivity contribution in [1.82, 2.24) is 0 Å². The van der Waals surface area contributed by atoms with Gasteiger partial charge in [0.05, 0.1) is 17.1 Å². The van der Waals surface area contributed by atoms with Crippen molar-refractivity contribution in [3.05, 3.63) is 218 Å². The van der Waals surface area contributed by atoms with Gasteiger partial charge >= 0.3 is 0 Å². The molecular formula is C54H36N2O2. The molecule has 11 rings (SSSR count). The van der Waals surface area contributed by atoms with Crippen LogP contribution in [0.15, 0.2) is 227 Å². The van der Waals surface area contributed by atoms with Gasteiger partial charge in [-0.1, -0.05) is 146 Å². The van der Waals surface area contributed by atoms with E-state index in [0.717, 1.165) is 100 Å². The highest BCUT2D eigenvalue weighted by molar-refractivity contribution is 6.12. The number of anilines is 6. The third-order valence-corrected chi connectivity index (χ3v) is 11.1. The van der Waals surface area contributed by atoms with Gasteiger partial charge < -0.3 is 18.6 Å². The second-order valence-electron chi connectivity index (χ2n) is 14.5. The Kier molecular flexibility index (Phi) is 8.11. The summed E-state index contributed by atoms with van der Waals surface area (Å²) in [6.45, 7) is 0. The Balaban J connectivity index is 1.05. The molecule has 2 aromatic heterocycles. The molecule has 0 aliphatic carbocycles. The Labute approximate surface area is 336 Å². The smallest absolute Gasteiger partial charge is 0.159 e. The molecular weight excluding hydrogens is 709 g/mol. The van der Waals surface area contributed by atoms with Crippen LogP contribution in [0.5, 0.6) is 0 Å². The van der Waals surface area contributed by atoms with Gasteiger partial charge in [-0.2, -0.15) is 0 Å². The predicted octanol–water partition coefficient (Wildman–Crippen LogP) is 15.8. The van der Waals surface area contributed by atoms with Crippen LogP contribution >= 0.6 is 0 Å². The Morgan fingerprint density at radius 2 is 0.724 bits per heavy atom. The zero-order valence-electron chi connectivity index (χ0n) is 31.5. The summed E-state index contributed by atoms with van der Waals surface area (Å²) < 4.78 is 13.2. The monoisotopic (exact) mass is 744 g/mol. The molecule has 4 heteroatoms. The molecule has 0 unspecified atom stereocenters. The lowest BCUT2D eigenvalue weighted by molar-refractivity contribution is 0.668. The van der Waals surface area contributed by atoms with Crippen molar-refractivity contribution in [3.8, 4) is 22.3 Å². The highest BCUT2D eigenvalue weighted by Crippen LogP contribution is 2.47. The van der Waals surface area contributed by atoms with E-state index in [-0.39, 0.29) is 0 Å². The Morgan fingerprint density at radius 3 is 1.31 bits per heavy atom. The van der Waals surface area contributed by atoms with Crippen molar-refractivity contribution >= 4 is 78.0 Å². The maximum absolute atomic E-state index is 6.63. The number of furan rings is 2. The van der Waals surface area contributed by atoms with E-state index in [1.807, 2.05) is 24.3 Å². The van der Waals surface area contributed by atoms with Gasteiger partial charge in [-0.15, -0.1) is 0 Å². The average Bonchev–Trinajstić information content (AvgIpc) is 3.88. The summed E-state index contributed by atoms with van der Waals surface area (Å²) in [5.74, 6) is 0. The summed E-state index contributed by atoms with van der Waals surface area (Å²) in [4.78, 5) is 4.61. The van der Waals surface area contributed by atoms with E-state index in [2.05, 4.69) is 204 Å². The fourth-order valence-corrected chi connectivity index (χ4v) is 8.37. The first-order valence-electron chi connectivity index (χ1n) is 19.6. The number of hydrogen-bond acceptors (Lipinski definition) is 4. The molecule has 4 nitrogen and oxygen atoms in total. The van der Waals surface area contributed by atoms with Crippen molar-refractivity contribution in [2.75, 3.05) is 9.80 Å². The molecule has 0 aliphatic rings. The van der Waals surface area contributed by atoms with Gasteiger partial charge in [0.2, 0.25) is 0 Å². The van der Waals surface area contributed by atoms with E-state index >= 15 is 0 Å². The summed E-state index contributed by atoms with van der Waals surface area (Å²) >= 11 is 0. The number of para-hydroxylation sites is 6. The fourth-order valence-electron chi connectivity index (χ4n) is 8.37. The predicted molar refractivity (Wildman–Crippen MR) is 241 cm³/mol. The van der Waals surface area contributed by atoms with Crippen LogP contribution in [-0.4, -0.2) is 0 Å². The molecule has 2 heterocycles. The molecule has 0 aliphatic heterocycles. The van der Waals surface area contributed by atoms with Crippen LogP contribution in [0.1, 0.15) is 0 Å². The maximum atomic E-state index is 6.63. The lowest BCUT2D eigenvalue weighted by atomic mass is 9.96. The molecule has 0 bridgehead atoms. The topological polar surface area (TPSA) is 32.8 Å². The summed E-state index contributed by atoms with van der Waals surface area (Å²) in [6, 6.07) is 76.7. The van der Waals surface area contributed by atoms with Gasteiger partial charge in [0.1, 0.15) is 11.2 Å². The summed E-state index contributed by atoms with van der Waals surface area (Å²) in [6.07, 6.45) is 0. The molecule has 0 atom stereocenters. The molecule has 9 aromatic carbocycles. The Morgan fingerprint density at radius 1 is 0.276 bits per heavy atom. The van der Waals surface area contributed by atoms with Gasteiger partial charge in [0.15, 0.2) is 11.2 Å². The molecule has 274 valence electrons. The number of nitrogens with zero attached hydrogens (tertiary/aromatic N) is 2. The largest absolute Gasteiger partial charge is 0.454 e. The normalized spacial score (nSPS) is 11.4. The minimum absolute atomic E-state index is 0.854. The van der Waals surface area contributed by atoms with Crippen molar-refractivity contribution in [3.63, 3.8) is 0 Å². The molecule has 0 fully saturated rings. The molecule has 0 spiro atoms. The van der Waals surface area contributed by atoms with E-state index in [0.29, 0.717) is 0 Å². The molecule has 0 radical (unpaired) electrons. The minimum atomic E-state index is 0.854. The fraction of sp³-hybridized carbons (Fsp3) is 0. The second kappa shape index (κ2) is 14.0. The minimum Gasteiger partial charge on any atom is -0.454 e. The van der Waals surface area contributed by atoms with Crippen molar-refractivity contribution in [2.45, 2.75) is 0 Å². The van der Waals surface area contributed by atoms with Gasteiger partial charge in [-0.25, -0.2) is 0 Å². The lowest BCUT2D eigenvalue weighted by Crippen LogP contribution is -2.11. The quantitative estimate of drug-likeness (QED) is 0.155. The highest BCUT2D eigenvalue weighted by atomic mass is 16.3. The van der Waals surface area contributed by atoms with Crippen molar-refractivity contribution in [1.29, 1.82) is 0 Å². The summed E-state index contributed by atoms with van der Waals surface area (Å²) in [7, 11) is 0. The van der Waals surface area contributed by atoms with E-state index in [4.69, 9.17) is 8.83 Å². The third kappa shape index (κ3) is 5.70. The zero-order valence-corrected chi connectivity index (χ0v) is 31.5.